The minimum Gasteiger partial charge on any atom is -0.478 e. The lowest BCUT2D eigenvalue weighted by Gasteiger charge is -2.43. The zero-order valence-electron chi connectivity index (χ0n) is 18.7. The van der Waals surface area contributed by atoms with Crippen molar-refractivity contribution in [1.82, 2.24) is 9.55 Å². The average Bonchev–Trinajstić information content (AvgIpc) is 3.07. The predicted octanol–water partition coefficient (Wildman–Crippen LogP) is 5.87. The number of benzene rings is 2. The lowest BCUT2D eigenvalue weighted by molar-refractivity contribution is -0.129. The van der Waals surface area contributed by atoms with Crippen LogP contribution in [0.25, 0.3) is 11.0 Å². The lowest BCUT2D eigenvalue weighted by atomic mass is 9.69. The Morgan fingerprint density at radius 2 is 1.73 bits per heavy atom. The number of anilines is 2. The number of nitrogens with one attached hydrogen (secondary N) is 1. The number of hydrogen-bond donors (Lipinski definition) is 3. The van der Waals surface area contributed by atoms with E-state index in [2.05, 4.69) is 24.1 Å². The molecule has 1 aromatic heterocycles. The molecule has 0 bridgehead atoms. The molecule has 2 aromatic carbocycles. The van der Waals surface area contributed by atoms with E-state index in [1.165, 1.54) is 6.07 Å². The van der Waals surface area contributed by atoms with Gasteiger partial charge in [0.25, 0.3) is 0 Å². The maximum absolute atomic E-state index is 13.0. The highest BCUT2D eigenvalue weighted by atomic mass is 35.5. The average molecular weight is 489 g/mol. The van der Waals surface area contributed by atoms with Crippen LogP contribution in [0.1, 0.15) is 55.5 Å². The van der Waals surface area contributed by atoms with E-state index in [4.69, 9.17) is 28.9 Å². The molecule has 1 aliphatic rings. The molecule has 0 saturated heterocycles. The molecule has 0 radical (unpaired) electrons. The minimum atomic E-state index is -1.04. The van der Waals surface area contributed by atoms with E-state index in [0.29, 0.717) is 51.1 Å². The number of para-hydroxylation sites is 1. The van der Waals surface area contributed by atoms with Gasteiger partial charge in [-0.2, -0.15) is 0 Å². The van der Waals surface area contributed by atoms with Crippen molar-refractivity contribution in [2.24, 2.45) is 11.1 Å². The molecule has 0 spiro atoms. The quantitative estimate of drug-likeness (QED) is 0.415. The Morgan fingerprint density at radius 1 is 1.12 bits per heavy atom. The van der Waals surface area contributed by atoms with Crippen LogP contribution < -0.4 is 11.1 Å². The number of nitrogens with two attached hydrogens (primary N) is 1. The molecule has 1 fully saturated rings. The highest BCUT2D eigenvalue weighted by Crippen LogP contribution is 2.47. The summed E-state index contributed by atoms with van der Waals surface area (Å²) < 4.78 is 1.82. The first-order valence-electron chi connectivity index (χ1n) is 10.7. The van der Waals surface area contributed by atoms with Crippen LogP contribution in [0.3, 0.4) is 0 Å². The fourth-order valence-electron chi connectivity index (χ4n) is 4.63. The van der Waals surface area contributed by atoms with Crippen LogP contribution in [-0.2, 0) is 10.3 Å². The van der Waals surface area contributed by atoms with Gasteiger partial charge in [-0.3, -0.25) is 9.36 Å². The molecule has 1 saturated carbocycles. The largest absolute Gasteiger partial charge is 0.478 e. The second kappa shape index (κ2) is 8.22. The van der Waals surface area contributed by atoms with Crippen LogP contribution in [0, 0.1) is 12.3 Å². The van der Waals surface area contributed by atoms with Gasteiger partial charge in [-0.15, -0.1) is 0 Å². The highest BCUT2D eigenvalue weighted by Gasteiger charge is 2.46. The number of nitrogens with zero attached hydrogens (tertiary/aromatic N) is 2. The van der Waals surface area contributed by atoms with Crippen molar-refractivity contribution in [3.05, 3.63) is 51.5 Å². The summed E-state index contributed by atoms with van der Waals surface area (Å²) in [4.78, 5) is 29.4. The zero-order chi connectivity index (χ0) is 24.1. The number of aryl methyl sites for hydroxylation is 1. The summed E-state index contributed by atoms with van der Waals surface area (Å²) in [5.74, 6) is -1.16. The van der Waals surface area contributed by atoms with Crippen molar-refractivity contribution in [2.75, 3.05) is 5.32 Å². The molecule has 4 rings (SSSR count). The fourth-order valence-corrected chi connectivity index (χ4v) is 5.12. The lowest BCUT2D eigenvalue weighted by Crippen LogP contribution is -2.50. The number of hydrogen-bond acceptors (Lipinski definition) is 4. The van der Waals surface area contributed by atoms with Crippen molar-refractivity contribution in [2.45, 2.75) is 52.0 Å². The van der Waals surface area contributed by atoms with Gasteiger partial charge in [-0.25, -0.2) is 9.78 Å². The third kappa shape index (κ3) is 4.04. The van der Waals surface area contributed by atoms with Crippen LogP contribution in [0.15, 0.2) is 30.3 Å². The summed E-state index contributed by atoms with van der Waals surface area (Å²) in [6.45, 7) is 6.07. The van der Waals surface area contributed by atoms with Crippen molar-refractivity contribution >= 4 is 57.7 Å². The van der Waals surface area contributed by atoms with Gasteiger partial charge >= 0.3 is 5.97 Å². The van der Waals surface area contributed by atoms with Crippen molar-refractivity contribution in [1.29, 1.82) is 0 Å². The molecular formula is C24H26Cl2N4O3. The molecule has 1 aliphatic carbocycles. The Balaban J connectivity index is 1.99. The number of amides is 1. The molecule has 4 N–H and O–H groups in total. The van der Waals surface area contributed by atoms with Gasteiger partial charge in [0.05, 0.1) is 32.3 Å². The van der Waals surface area contributed by atoms with E-state index in [-0.39, 0.29) is 11.0 Å². The Bertz CT molecular complexity index is 1250. The summed E-state index contributed by atoms with van der Waals surface area (Å²) in [6, 6.07) is 8.39. The Hall–Kier alpha value is -2.77. The second-order valence-electron chi connectivity index (χ2n) is 9.51. The molecule has 3 aromatic rings. The molecule has 9 heteroatoms. The number of fused-ring (bicyclic) bond motifs is 1. The minimum absolute atomic E-state index is 0.0847. The normalized spacial score (nSPS) is 17.1. The summed E-state index contributed by atoms with van der Waals surface area (Å²) in [6.07, 6.45) is 2.67. The SMILES string of the molecule is Cc1cc2c(cc1C(=O)O)nc(Nc1c(Cl)cccc1Cl)n2C1(C(N)=O)CCC(C)(C)CC1. The first kappa shape index (κ1) is 23.4. The fraction of sp³-hybridized carbons (Fsp3) is 0.375. The van der Waals surface area contributed by atoms with Gasteiger partial charge in [-0.05, 0) is 67.9 Å². The number of aromatic nitrogens is 2. The van der Waals surface area contributed by atoms with Crippen LogP contribution in [0.5, 0.6) is 0 Å². The maximum Gasteiger partial charge on any atom is 0.336 e. The molecule has 174 valence electrons. The van der Waals surface area contributed by atoms with Crippen molar-refractivity contribution < 1.29 is 14.7 Å². The van der Waals surface area contributed by atoms with E-state index in [1.54, 1.807) is 31.2 Å². The van der Waals surface area contributed by atoms with Gasteiger partial charge < -0.3 is 16.2 Å². The highest BCUT2D eigenvalue weighted by molar-refractivity contribution is 6.39. The van der Waals surface area contributed by atoms with Gasteiger partial charge in [-0.1, -0.05) is 43.1 Å². The number of aromatic carboxylic acids is 1. The number of imidazole rings is 1. The standard InChI is InChI=1S/C24H26Cl2N4O3/c1-13-11-18-17(12-14(13)20(31)32)28-22(29-19-15(25)5-4-6-16(19)26)30(18)24(21(27)33)9-7-23(2,3)8-10-24/h4-6,11-12H,7-10H2,1-3H3,(H2,27,33)(H,28,29)(H,31,32). The molecule has 1 amide bonds. The van der Waals surface area contributed by atoms with Crippen LogP contribution in [0.2, 0.25) is 10.0 Å². The van der Waals surface area contributed by atoms with Crippen LogP contribution in [-0.4, -0.2) is 26.5 Å². The van der Waals surface area contributed by atoms with Crippen LogP contribution in [0.4, 0.5) is 11.6 Å². The molecule has 33 heavy (non-hydrogen) atoms. The first-order valence-corrected chi connectivity index (χ1v) is 11.5. The number of primary amides is 1. The van der Waals surface area contributed by atoms with E-state index in [0.717, 1.165) is 12.8 Å². The maximum atomic E-state index is 13.0. The Morgan fingerprint density at radius 3 is 2.27 bits per heavy atom. The number of halogens is 2. The van der Waals surface area contributed by atoms with Gasteiger partial charge in [0.2, 0.25) is 11.9 Å². The van der Waals surface area contributed by atoms with E-state index >= 15 is 0 Å². The summed E-state index contributed by atoms with van der Waals surface area (Å²) >= 11 is 12.8. The second-order valence-corrected chi connectivity index (χ2v) is 10.3. The van der Waals surface area contributed by atoms with E-state index in [1.807, 2.05) is 4.57 Å². The topological polar surface area (TPSA) is 110 Å². The van der Waals surface area contributed by atoms with Gasteiger partial charge in [0.15, 0.2) is 0 Å². The third-order valence-corrected chi connectivity index (χ3v) is 7.38. The molecule has 0 unspecified atom stereocenters. The number of carbonyl (C=O) groups excluding carboxylic acids is 1. The number of carboxylic acid groups (broad SMARTS) is 1. The van der Waals surface area contributed by atoms with Gasteiger partial charge in [0.1, 0.15) is 5.54 Å². The molecule has 0 atom stereocenters. The molecular weight excluding hydrogens is 463 g/mol. The van der Waals surface area contributed by atoms with E-state index in [9.17, 15) is 14.7 Å². The van der Waals surface area contributed by atoms with E-state index < -0.39 is 17.4 Å². The predicted molar refractivity (Wildman–Crippen MR) is 131 cm³/mol. The summed E-state index contributed by atoms with van der Waals surface area (Å²) in [5, 5.41) is 13.6. The number of carboxylic acids is 1. The first-order chi connectivity index (χ1) is 15.4. The zero-order valence-corrected chi connectivity index (χ0v) is 20.2. The third-order valence-electron chi connectivity index (χ3n) is 6.75. The van der Waals surface area contributed by atoms with Gasteiger partial charge in [0, 0.05) is 0 Å². The number of rotatable bonds is 5. The summed E-state index contributed by atoms with van der Waals surface area (Å²) in [7, 11) is 0. The Labute approximate surface area is 201 Å². The molecule has 7 nitrogen and oxygen atoms in total. The van der Waals surface area contributed by atoms with Crippen LogP contribution >= 0.6 is 23.2 Å². The smallest absolute Gasteiger partial charge is 0.336 e. The number of carbonyl (C=O) groups is 2. The molecule has 0 aliphatic heterocycles. The van der Waals surface area contributed by atoms with Crippen molar-refractivity contribution in [3.63, 3.8) is 0 Å². The van der Waals surface area contributed by atoms with Crippen molar-refractivity contribution in [3.8, 4) is 0 Å². The molecule has 1 heterocycles. The summed E-state index contributed by atoms with van der Waals surface area (Å²) in [5.41, 5.74) is 7.33. The Kier molecular flexibility index (Phi) is 5.83. The monoisotopic (exact) mass is 488 g/mol.